The van der Waals surface area contributed by atoms with Gasteiger partial charge in [0.25, 0.3) is 0 Å². The molecule has 1 rings (SSSR count). The molecule has 19 heavy (non-hydrogen) atoms. The summed E-state index contributed by atoms with van der Waals surface area (Å²) in [6, 6.07) is -0.137. The molecule has 0 aromatic carbocycles. The largest absolute Gasteiger partial charge is 0.481 e. The van der Waals surface area contributed by atoms with Crippen molar-refractivity contribution >= 4 is 12.1 Å². The Labute approximate surface area is 114 Å². The van der Waals surface area contributed by atoms with Gasteiger partial charge in [-0.2, -0.15) is 0 Å². The van der Waals surface area contributed by atoms with Crippen molar-refractivity contribution in [1.29, 1.82) is 0 Å². The molecule has 2 unspecified atom stereocenters. The average Bonchev–Trinajstić information content (AvgIpc) is 2.26. The van der Waals surface area contributed by atoms with E-state index in [1.807, 2.05) is 20.8 Å². The number of piperidine rings is 1. The molecular formula is C14H23NO4. The Morgan fingerprint density at radius 3 is 2.58 bits per heavy atom. The number of hydrogen-bond donors (Lipinski definition) is 1. The van der Waals surface area contributed by atoms with Crippen LogP contribution < -0.4 is 0 Å². The second-order valence-electron chi connectivity index (χ2n) is 5.91. The molecule has 2 atom stereocenters. The first kappa shape index (κ1) is 15.5. The van der Waals surface area contributed by atoms with E-state index in [4.69, 9.17) is 9.84 Å². The lowest BCUT2D eigenvalue weighted by molar-refractivity contribution is -0.144. The van der Waals surface area contributed by atoms with Crippen molar-refractivity contribution in [3.8, 4) is 0 Å². The third kappa shape index (κ3) is 4.58. The SMILES string of the molecule is C=CCC1CC(C(=O)O)CCN1C(=O)OC(C)(C)C. The van der Waals surface area contributed by atoms with Crippen LogP contribution in [0.4, 0.5) is 4.79 Å². The minimum absolute atomic E-state index is 0.137. The summed E-state index contributed by atoms with van der Waals surface area (Å²) in [5.41, 5.74) is -0.542. The molecule has 0 radical (unpaired) electrons. The fourth-order valence-corrected chi connectivity index (χ4v) is 2.25. The Bertz CT molecular complexity index is 359. The number of carbonyl (C=O) groups excluding carboxylic acids is 1. The lowest BCUT2D eigenvalue weighted by atomic mass is 9.89. The van der Waals surface area contributed by atoms with E-state index in [9.17, 15) is 9.59 Å². The van der Waals surface area contributed by atoms with Gasteiger partial charge in [-0.15, -0.1) is 6.58 Å². The number of ether oxygens (including phenoxy) is 1. The van der Waals surface area contributed by atoms with Gasteiger partial charge in [-0.1, -0.05) is 6.08 Å². The predicted molar refractivity (Wildman–Crippen MR) is 71.9 cm³/mol. The van der Waals surface area contributed by atoms with Crippen molar-refractivity contribution in [2.45, 2.75) is 51.7 Å². The normalized spacial score (nSPS) is 23.8. The molecule has 1 amide bonds. The second-order valence-corrected chi connectivity index (χ2v) is 5.91. The van der Waals surface area contributed by atoms with Gasteiger partial charge in [0, 0.05) is 12.6 Å². The molecule has 0 aliphatic carbocycles. The third-order valence-electron chi connectivity index (χ3n) is 3.13. The van der Waals surface area contributed by atoms with Gasteiger partial charge in [0.1, 0.15) is 5.60 Å². The van der Waals surface area contributed by atoms with Crippen LogP contribution in [0.2, 0.25) is 0 Å². The number of carboxylic acids is 1. The fourth-order valence-electron chi connectivity index (χ4n) is 2.25. The van der Waals surface area contributed by atoms with Crippen LogP contribution >= 0.6 is 0 Å². The smallest absolute Gasteiger partial charge is 0.410 e. The predicted octanol–water partition coefficient (Wildman–Crippen LogP) is 2.66. The lowest BCUT2D eigenvalue weighted by Gasteiger charge is -2.38. The standard InChI is InChI=1S/C14H23NO4/c1-5-6-11-9-10(12(16)17)7-8-15(11)13(18)19-14(2,3)4/h5,10-11H,1,6-9H2,2-4H3,(H,16,17). The number of hydrogen-bond acceptors (Lipinski definition) is 3. The maximum absolute atomic E-state index is 12.1. The molecule has 0 aromatic heterocycles. The highest BCUT2D eigenvalue weighted by Gasteiger charge is 2.35. The van der Waals surface area contributed by atoms with Crippen LogP contribution in [0.3, 0.4) is 0 Å². The minimum atomic E-state index is -0.794. The molecule has 5 nitrogen and oxygen atoms in total. The molecule has 1 heterocycles. The van der Waals surface area contributed by atoms with Crippen LogP contribution in [0, 0.1) is 5.92 Å². The molecule has 0 bridgehead atoms. The number of carbonyl (C=O) groups is 2. The van der Waals surface area contributed by atoms with Gasteiger partial charge in [0.2, 0.25) is 0 Å². The van der Waals surface area contributed by atoms with Crippen LogP contribution in [0.5, 0.6) is 0 Å². The summed E-state index contributed by atoms with van der Waals surface area (Å²) in [4.78, 5) is 24.8. The first-order valence-electron chi connectivity index (χ1n) is 6.58. The lowest BCUT2D eigenvalue weighted by Crippen LogP contribution is -2.49. The van der Waals surface area contributed by atoms with E-state index in [0.717, 1.165) is 0 Å². The summed E-state index contributed by atoms with van der Waals surface area (Å²) in [6.45, 7) is 9.54. The van der Waals surface area contributed by atoms with Gasteiger partial charge >= 0.3 is 12.1 Å². The summed E-state index contributed by atoms with van der Waals surface area (Å²) in [7, 11) is 0. The van der Waals surface area contributed by atoms with Gasteiger partial charge in [0.05, 0.1) is 5.92 Å². The zero-order chi connectivity index (χ0) is 14.6. The molecular weight excluding hydrogens is 246 g/mol. The van der Waals surface area contributed by atoms with Crippen molar-refractivity contribution in [3.63, 3.8) is 0 Å². The van der Waals surface area contributed by atoms with Crippen LogP contribution in [0.15, 0.2) is 12.7 Å². The van der Waals surface area contributed by atoms with E-state index in [1.54, 1.807) is 11.0 Å². The first-order valence-corrected chi connectivity index (χ1v) is 6.58. The minimum Gasteiger partial charge on any atom is -0.481 e. The molecule has 0 aromatic rings. The molecule has 5 heteroatoms. The number of rotatable bonds is 3. The summed E-state index contributed by atoms with van der Waals surface area (Å²) >= 11 is 0. The van der Waals surface area contributed by atoms with Gasteiger partial charge in [0.15, 0.2) is 0 Å². The maximum atomic E-state index is 12.1. The molecule has 0 saturated carbocycles. The summed E-state index contributed by atoms with van der Waals surface area (Å²) < 4.78 is 5.35. The summed E-state index contributed by atoms with van der Waals surface area (Å²) in [5.74, 6) is -1.18. The fraction of sp³-hybridized carbons (Fsp3) is 0.714. The molecule has 1 fully saturated rings. The number of carboxylic acid groups (broad SMARTS) is 1. The Kier molecular flexibility index (Phi) is 4.97. The Morgan fingerprint density at radius 2 is 2.11 bits per heavy atom. The Morgan fingerprint density at radius 1 is 1.47 bits per heavy atom. The van der Waals surface area contributed by atoms with Crippen LogP contribution in [-0.2, 0) is 9.53 Å². The van der Waals surface area contributed by atoms with Gasteiger partial charge < -0.3 is 14.7 Å². The summed E-state index contributed by atoms with van der Waals surface area (Å²) in [5, 5.41) is 9.08. The highest BCUT2D eigenvalue weighted by Crippen LogP contribution is 2.27. The molecule has 0 spiro atoms. The van der Waals surface area contributed by atoms with Crippen molar-refractivity contribution < 1.29 is 19.4 Å². The van der Waals surface area contributed by atoms with Crippen molar-refractivity contribution in [2.24, 2.45) is 5.92 Å². The quantitative estimate of drug-likeness (QED) is 0.800. The van der Waals surface area contributed by atoms with E-state index in [-0.39, 0.29) is 18.1 Å². The molecule has 1 aliphatic heterocycles. The zero-order valence-corrected chi connectivity index (χ0v) is 11.9. The number of nitrogens with zero attached hydrogens (tertiary/aromatic N) is 1. The summed E-state index contributed by atoms with van der Waals surface area (Å²) in [6.07, 6.45) is 2.86. The van der Waals surface area contributed by atoms with E-state index < -0.39 is 11.6 Å². The maximum Gasteiger partial charge on any atom is 0.410 e. The van der Waals surface area contributed by atoms with Crippen molar-refractivity contribution in [1.82, 2.24) is 4.90 Å². The molecule has 1 N–H and O–H groups in total. The average molecular weight is 269 g/mol. The Balaban J connectivity index is 2.73. The van der Waals surface area contributed by atoms with E-state index in [0.29, 0.717) is 25.8 Å². The third-order valence-corrected chi connectivity index (χ3v) is 3.13. The van der Waals surface area contributed by atoms with Crippen molar-refractivity contribution in [2.75, 3.05) is 6.54 Å². The van der Waals surface area contributed by atoms with Gasteiger partial charge in [-0.3, -0.25) is 4.79 Å². The second kappa shape index (κ2) is 6.08. The molecule has 108 valence electrons. The van der Waals surface area contributed by atoms with Gasteiger partial charge in [-0.25, -0.2) is 4.79 Å². The topological polar surface area (TPSA) is 66.8 Å². The van der Waals surface area contributed by atoms with E-state index >= 15 is 0 Å². The van der Waals surface area contributed by atoms with Crippen LogP contribution in [-0.4, -0.2) is 40.3 Å². The zero-order valence-electron chi connectivity index (χ0n) is 11.9. The molecule has 1 aliphatic rings. The monoisotopic (exact) mass is 269 g/mol. The highest BCUT2D eigenvalue weighted by molar-refractivity contribution is 5.72. The Hall–Kier alpha value is -1.52. The first-order chi connectivity index (χ1) is 8.74. The van der Waals surface area contributed by atoms with Crippen LogP contribution in [0.1, 0.15) is 40.0 Å². The van der Waals surface area contributed by atoms with Crippen molar-refractivity contribution in [3.05, 3.63) is 12.7 Å². The number of likely N-dealkylation sites (tertiary alicyclic amines) is 1. The number of amides is 1. The molecule has 1 saturated heterocycles. The van der Waals surface area contributed by atoms with Gasteiger partial charge in [-0.05, 0) is 40.0 Å². The number of aliphatic carboxylic acids is 1. The highest BCUT2D eigenvalue weighted by atomic mass is 16.6. The van der Waals surface area contributed by atoms with E-state index in [1.165, 1.54) is 0 Å². The van der Waals surface area contributed by atoms with Crippen LogP contribution in [0.25, 0.3) is 0 Å². The van der Waals surface area contributed by atoms with E-state index in [2.05, 4.69) is 6.58 Å².